The summed E-state index contributed by atoms with van der Waals surface area (Å²) in [5.41, 5.74) is -0.924. The lowest BCUT2D eigenvalue weighted by atomic mass is 9.70. The predicted molar refractivity (Wildman–Crippen MR) is 98.7 cm³/mol. The minimum Gasteiger partial charge on any atom is -0.459 e. The first-order valence-corrected chi connectivity index (χ1v) is 10.1. The number of hydrogen-bond donors (Lipinski definition) is 1. The highest BCUT2D eigenvalue weighted by atomic mass is 16.5. The van der Waals surface area contributed by atoms with Crippen molar-refractivity contribution in [3.05, 3.63) is 0 Å². The van der Waals surface area contributed by atoms with Gasteiger partial charge in [0, 0.05) is 0 Å². The lowest BCUT2D eigenvalue weighted by molar-refractivity contribution is -0.906. The van der Waals surface area contributed by atoms with Crippen LogP contribution in [0.2, 0.25) is 0 Å². The Hall–Kier alpha value is -0.610. The topological polar surface area (TPSA) is 46.5 Å². The van der Waals surface area contributed by atoms with E-state index in [0.717, 1.165) is 37.0 Å². The van der Waals surface area contributed by atoms with E-state index in [-0.39, 0.29) is 17.8 Å². The number of esters is 1. The Balaban J connectivity index is 2.77. The van der Waals surface area contributed by atoms with E-state index in [0.29, 0.717) is 19.4 Å². The predicted octanol–water partition coefficient (Wildman–Crippen LogP) is 3.76. The Morgan fingerprint density at radius 1 is 1.12 bits per heavy atom. The fourth-order valence-corrected chi connectivity index (χ4v) is 4.00. The van der Waals surface area contributed by atoms with Crippen LogP contribution < -0.4 is 0 Å². The number of rotatable bonds is 10. The number of ether oxygens (including phenoxy) is 1. The molecule has 1 unspecified atom stereocenters. The average Bonchev–Trinajstić information content (AvgIpc) is 2.62. The molecule has 142 valence electrons. The molecular formula is C20H40NO3+. The molecule has 0 heterocycles. The van der Waals surface area contributed by atoms with Gasteiger partial charge >= 0.3 is 5.97 Å². The van der Waals surface area contributed by atoms with Gasteiger partial charge in [0.1, 0.15) is 13.2 Å². The number of hydrogen-bond acceptors (Lipinski definition) is 3. The van der Waals surface area contributed by atoms with Crippen LogP contribution in [-0.4, -0.2) is 54.4 Å². The van der Waals surface area contributed by atoms with Crippen LogP contribution in [0.15, 0.2) is 0 Å². The zero-order valence-corrected chi connectivity index (χ0v) is 16.6. The first kappa shape index (κ1) is 21.4. The third kappa shape index (κ3) is 5.45. The Kier molecular flexibility index (Phi) is 8.72. The van der Waals surface area contributed by atoms with E-state index in [2.05, 4.69) is 20.9 Å². The summed E-state index contributed by atoms with van der Waals surface area (Å²) < 4.78 is 6.60. The molecule has 1 fully saturated rings. The molecule has 4 nitrogen and oxygen atoms in total. The molecule has 1 N–H and O–H groups in total. The Bertz CT molecular complexity index is 369. The van der Waals surface area contributed by atoms with E-state index in [1.807, 2.05) is 13.8 Å². The van der Waals surface area contributed by atoms with Crippen molar-refractivity contribution in [2.45, 2.75) is 78.2 Å². The maximum absolute atomic E-state index is 12.9. The summed E-state index contributed by atoms with van der Waals surface area (Å²) in [6.07, 6.45) is 6.88. The fourth-order valence-electron chi connectivity index (χ4n) is 4.00. The van der Waals surface area contributed by atoms with Crippen LogP contribution in [0, 0.1) is 11.8 Å². The average molecular weight is 343 g/mol. The first-order valence-electron chi connectivity index (χ1n) is 10.1. The highest BCUT2D eigenvalue weighted by molar-refractivity contribution is 5.74. The summed E-state index contributed by atoms with van der Waals surface area (Å²) >= 11 is 0. The minimum atomic E-state index is -0.924. The number of carbonyl (C=O) groups is 1. The van der Waals surface area contributed by atoms with E-state index >= 15 is 0 Å². The lowest BCUT2D eigenvalue weighted by Gasteiger charge is -2.40. The SMILES string of the molecule is CCC(O)(CC)C(C(=O)OCC[N+](C)(CC)CC)C1CCCCC1. The van der Waals surface area contributed by atoms with E-state index in [1.165, 1.54) is 19.3 Å². The van der Waals surface area contributed by atoms with Gasteiger partial charge < -0.3 is 14.3 Å². The second kappa shape index (κ2) is 9.76. The van der Waals surface area contributed by atoms with Gasteiger partial charge in [0.05, 0.1) is 31.7 Å². The van der Waals surface area contributed by atoms with Gasteiger partial charge in [0.2, 0.25) is 0 Å². The maximum atomic E-state index is 12.9. The van der Waals surface area contributed by atoms with Gasteiger partial charge in [-0.2, -0.15) is 0 Å². The number of nitrogens with zero attached hydrogens (tertiary/aromatic N) is 1. The Labute approximate surface area is 149 Å². The third-order valence-corrected chi connectivity index (χ3v) is 6.58. The van der Waals surface area contributed by atoms with Crippen molar-refractivity contribution in [3.63, 3.8) is 0 Å². The summed E-state index contributed by atoms with van der Waals surface area (Å²) in [5.74, 6) is -0.268. The van der Waals surface area contributed by atoms with Gasteiger partial charge in [0.15, 0.2) is 0 Å². The largest absolute Gasteiger partial charge is 0.459 e. The Morgan fingerprint density at radius 2 is 1.67 bits per heavy atom. The number of quaternary nitrogens is 1. The first-order chi connectivity index (χ1) is 11.4. The van der Waals surface area contributed by atoms with Crippen LogP contribution >= 0.6 is 0 Å². The quantitative estimate of drug-likeness (QED) is 0.486. The van der Waals surface area contributed by atoms with Crippen LogP contribution in [0.5, 0.6) is 0 Å². The van der Waals surface area contributed by atoms with Gasteiger partial charge in [-0.15, -0.1) is 0 Å². The summed E-state index contributed by atoms with van der Waals surface area (Å²) in [6, 6.07) is 0. The zero-order valence-electron chi connectivity index (χ0n) is 16.6. The zero-order chi connectivity index (χ0) is 18.2. The van der Waals surface area contributed by atoms with E-state index in [1.54, 1.807) is 0 Å². The van der Waals surface area contributed by atoms with Crippen LogP contribution in [-0.2, 0) is 9.53 Å². The number of carbonyl (C=O) groups excluding carboxylic acids is 1. The molecule has 1 saturated carbocycles. The normalized spacial score (nSPS) is 18.4. The number of aliphatic hydroxyl groups is 1. The molecule has 1 atom stereocenters. The van der Waals surface area contributed by atoms with Crippen LogP contribution in [0.1, 0.15) is 72.6 Å². The molecule has 24 heavy (non-hydrogen) atoms. The molecule has 0 radical (unpaired) electrons. The third-order valence-electron chi connectivity index (χ3n) is 6.58. The smallest absolute Gasteiger partial charge is 0.312 e. The van der Waals surface area contributed by atoms with Crippen molar-refractivity contribution in [1.82, 2.24) is 0 Å². The van der Waals surface area contributed by atoms with Gasteiger partial charge in [-0.05, 0) is 45.4 Å². The van der Waals surface area contributed by atoms with Crippen LogP contribution in [0.3, 0.4) is 0 Å². The minimum absolute atomic E-state index is 0.174. The highest BCUT2D eigenvalue weighted by Gasteiger charge is 2.45. The standard InChI is InChI=1S/C20H40NO3/c1-6-20(23,7-2)18(17-13-11-10-12-14-17)19(22)24-16-15-21(5,8-3)9-4/h17-18,23H,6-16H2,1-5H3/q+1. The van der Waals surface area contributed by atoms with E-state index in [4.69, 9.17) is 4.74 Å². The second-order valence-electron chi connectivity index (χ2n) is 7.83. The van der Waals surface area contributed by atoms with Gasteiger partial charge in [0.25, 0.3) is 0 Å². The molecule has 0 bridgehead atoms. The van der Waals surface area contributed by atoms with Crippen LogP contribution in [0.25, 0.3) is 0 Å². The maximum Gasteiger partial charge on any atom is 0.312 e. The summed E-state index contributed by atoms with van der Waals surface area (Å²) in [6.45, 7) is 11.7. The van der Waals surface area contributed by atoms with Crippen molar-refractivity contribution in [1.29, 1.82) is 0 Å². The van der Waals surface area contributed by atoms with Gasteiger partial charge in [-0.25, -0.2) is 0 Å². The fraction of sp³-hybridized carbons (Fsp3) is 0.950. The second-order valence-corrected chi connectivity index (χ2v) is 7.83. The van der Waals surface area contributed by atoms with Crippen molar-refractivity contribution in [2.75, 3.05) is 33.3 Å². The number of likely N-dealkylation sites (N-methyl/N-ethyl adjacent to an activating group) is 1. The molecule has 1 rings (SSSR count). The van der Waals surface area contributed by atoms with Crippen molar-refractivity contribution in [2.24, 2.45) is 11.8 Å². The molecule has 0 saturated heterocycles. The highest BCUT2D eigenvalue weighted by Crippen LogP contribution is 2.39. The molecular weight excluding hydrogens is 302 g/mol. The molecule has 0 aromatic carbocycles. The van der Waals surface area contributed by atoms with Crippen molar-refractivity contribution >= 4 is 5.97 Å². The van der Waals surface area contributed by atoms with E-state index < -0.39 is 5.60 Å². The van der Waals surface area contributed by atoms with Crippen molar-refractivity contribution in [3.8, 4) is 0 Å². The lowest BCUT2D eigenvalue weighted by Crippen LogP contribution is -2.49. The molecule has 0 amide bonds. The van der Waals surface area contributed by atoms with Gasteiger partial charge in [-0.1, -0.05) is 33.1 Å². The molecule has 0 spiro atoms. The monoisotopic (exact) mass is 342 g/mol. The summed E-state index contributed by atoms with van der Waals surface area (Å²) in [7, 11) is 2.20. The van der Waals surface area contributed by atoms with E-state index in [9.17, 15) is 9.90 Å². The Morgan fingerprint density at radius 3 is 2.12 bits per heavy atom. The summed E-state index contributed by atoms with van der Waals surface area (Å²) in [4.78, 5) is 12.9. The van der Waals surface area contributed by atoms with Gasteiger partial charge in [-0.3, -0.25) is 4.79 Å². The molecule has 0 aliphatic heterocycles. The molecule has 0 aromatic rings. The summed E-state index contributed by atoms with van der Waals surface area (Å²) in [5, 5.41) is 11.1. The van der Waals surface area contributed by atoms with Crippen LogP contribution in [0.4, 0.5) is 0 Å². The molecule has 1 aliphatic rings. The molecule has 4 heteroatoms. The molecule has 0 aromatic heterocycles. The molecule has 1 aliphatic carbocycles. The van der Waals surface area contributed by atoms with Crippen molar-refractivity contribution < 1.29 is 19.1 Å².